The topological polar surface area (TPSA) is 0 Å². The van der Waals surface area contributed by atoms with Gasteiger partial charge in [-0.2, -0.15) is 0 Å². The first kappa shape index (κ1) is 11.2. The van der Waals surface area contributed by atoms with Crippen molar-refractivity contribution < 1.29 is 0 Å². The molecule has 0 amide bonds. The Morgan fingerprint density at radius 3 is 2.13 bits per heavy atom. The molecule has 1 saturated carbocycles. The number of hydrogen-bond donors (Lipinski definition) is 0. The molecule has 1 aromatic carbocycles. The molecule has 1 aliphatic rings. The molecule has 0 nitrogen and oxygen atoms in total. The third-order valence-electron chi connectivity index (χ3n) is 3.57. The Labute approximate surface area is 101 Å². The van der Waals surface area contributed by atoms with Crippen molar-refractivity contribution >= 4 is 15.9 Å². The monoisotopic (exact) mass is 266 g/mol. The number of alkyl halides is 1. The second-order valence-corrected chi connectivity index (χ2v) is 6.52. The van der Waals surface area contributed by atoms with Gasteiger partial charge >= 0.3 is 0 Å². The Kier molecular flexibility index (Phi) is 2.94. The molecule has 1 atom stereocenters. The second kappa shape index (κ2) is 3.93. The zero-order valence-corrected chi connectivity index (χ0v) is 11.4. The lowest BCUT2D eigenvalue weighted by molar-refractivity contribution is 0.508. The fourth-order valence-corrected chi connectivity index (χ4v) is 3.07. The molecule has 1 fully saturated rings. The van der Waals surface area contributed by atoms with E-state index in [1.165, 1.54) is 36.0 Å². The van der Waals surface area contributed by atoms with E-state index >= 15 is 0 Å². The normalized spacial score (nSPS) is 20.0. The highest BCUT2D eigenvalue weighted by atomic mass is 79.9. The number of aryl methyl sites for hydroxylation is 2. The molecule has 0 aromatic heterocycles. The molecule has 1 unspecified atom stereocenters. The summed E-state index contributed by atoms with van der Waals surface area (Å²) in [5, 5.41) is 0. The number of rotatable bonds is 3. The van der Waals surface area contributed by atoms with E-state index in [1.54, 1.807) is 0 Å². The van der Waals surface area contributed by atoms with Gasteiger partial charge in [-0.3, -0.25) is 0 Å². The molecule has 0 radical (unpaired) electrons. The summed E-state index contributed by atoms with van der Waals surface area (Å²) in [5.74, 6) is 0. The fourth-order valence-electron chi connectivity index (χ4n) is 2.45. The van der Waals surface area contributed by atoms with Crippen molar-refractivity contribution in [3.63, 3.8) is 0 Å². The number of halogens is 1. The zero-order valence-electron chi connectivity index (χ0n) is 9.81. The molecule has 0 N–H and O–H groups in total. The quantitative estimate of drug-likeness (QED) is 0.711. The van der Waals surface area contributed by atoms with Crippen LogP contribution in [0, 0.1) is 19.3 Å². The van der Waals surface area contributed by atoms with Crippen LogP contribution in [0.1, 0.15) is 36.5 Å². The van der Waals surface area contributed by atoms with E-state index < -0.39 is 0 Å². The van der Waals surface area contributed by atoms with Crippen LogP contribution in [0.4, 0.5) is 0 Å². The summed E-state index contributed by atoms with van der Waals surface area (Å²) in [4.78, 5) is 0.644. The van der Waals surface area contributed by atoms with Crippen molar-refractivity contribution in [2.24, 2.45) is 5.41 Å². The highest BCUT2D eigenvalue weighted by Crippen LogP contribution is 2.53. The molecule has 0 aliphatic heterocycles. The lowest BCUT2D eigenvalue weighted by atomic mass is 9.92. The Morgan fingerprint density at radius 2 is 1.73 bits per heavy atom. The minimum Gasteiger partial charge on any atom is -0.0888 e. The van der Waals surface area contributed by atoms with Crippen LogP contribution in [0.5, 0.6) is 0 Å². The molecule has 15 heavy (non-hydrogen) atoms. The van der Waals surface area contributed by atoms with E-state index in [-0.39, 0.29) is 0 Å². The van der Waals surface area contributed by atoms with E-state index in [2.05, 4.69) is 54.9 Å². The first-order chi connectivity index (χ1) is 7.02. The van der Waals surface area contributed by atoms with Gasteiger partial charge in [0.05, 0.1) is 0 Å². The summed E-state index contributed by atoms with van der Waals surface area (Å²) in [6, 6.07) is 6.92. The van der Waals surface area contributed by atoms with E-state index in [9.17, 15) is 0 Å². The van der Waals surface area contributed by atoms with Gasteiger partial charge in [0.1, 0.15) is 0 Å². The Bertz CT molecular complexity index is 341. The summed E-state index contributed by atoms with van der Waals surface area (Å²) >= 11 is 3.75. The van der Waals surface area contributed by atoms with Crippen LogP contribution in [0.15, 0.2) is 18.2 Å². The van der Waals surface area contributed by atoms with E-state index in [0.29, 0.717) is 10.2 Å². The van der Waals surface area contributed by atoms with Crippen molar-refractivity contribution in [1.82, 2.24) is 0 Å². The Morgan fingerprint density at radius 1 is 1.20 bits per heavy atom. The van der Waals surface area contributed by atoms with Gasteiger partial charge in [-0.15, -0.1) is 0 Å². The van der Waals surface area contributed by atoms with Crippen molar-refractivity contribution in [3.05, 3.63) is 34.9 Å². The van der Waals surface area contributed by atoms with Gasteiger partial charge in [0.2, 0.25) is 0 Å². The molecular formula is C14H19Br. The predicted octanol–water partition coefficient (Wildman–Crippen LogP) is 4.41. The Balaban J connectivity index is 2.17. The van der Waals surface area contributed by atoms with Crippen molar-refractivity contribution in [2.45, 2.75) is 44.9 Å². The smallest absolute Gasteiger partial charge is 0.0177 e. The molecule has 0 spiro atoms. The lowest BCUT2D eigenvalue weighted by Gasteiger charge is -2.18. The summed E-state index contributed by atoms with van der Waals surface area (Å²) in [6.45, 7) is 6.66. The van der Waals surface area contributed by atoms with Gasteiger partial charge in [-0.05, 0) is 44.1 Å². The number of benzene rings is 1. The third kappa shape index (κ3) is 2.44. The predicted molar refractivity (Wildman–Crippen MR) is 69.7 cm³/mol. The highest BCUT2D eigenvalue weighted by Gasteiger charge is 2.45. The van der Waals surface area contributed by atoms with Crippen LogP contribution in [0.3, 0.4) is 0 Å². The first-order valence-corrected chi connectivity index (χ1v) is 6.65. The molecular weight excluding hydrogens is 248 g/mol. The van der Waals surface area contributed by atoms with Crippen molar-refractivity contribution in [1.29, 1.82) is 0 Å². The molecule has 2 rings (SSSR count). The maximum atomic E-state index is 3.75. The van der Waals surface area contributed by atoms with Gasteiger partial charge in [0.25, 0.3) is 0 Å². The van der Waals surface area contributed by atoms with Gasteiger partial charge < -0.3 is 0 Å². The maximum absolute atomic E-state index is 3.75. The van der Waals surface area contributed by atoms with Crippen LogP contribution < -0.4 is 0 Å². The van der Waals surface area contributed by atoms with Gasteiger partial charge in [-0.1, -0.05) is 52.2 Å². The molecule has 1 heteroatoms. The van der Waals surface area contributed by atoms with Gasteiger partial charge in [-0.25, -0.2) is 0 Å². The molecule has 0 saturated heterocycles. The summed E-state index contributed by atoms with van der Waals surface area (Å²) in [5.41, 5.74) is 4.85. The molecule has 1 aliphatic carbocycles. The molecule has 0 bridgehead atoms. The van der Waals surface area contributed by atoms with E-state index in [1.807, 2.05) is 0 Å². The van der Waals surface area contributed by atoms with Crippen molar-refractivity contribution in [2.75, 3.05) is 0 Å². The van der Waals surface area contributed by atoms with E-state index in [0.717, 1.165) is 0 Å². The SMILES string of the molecule is Cc1cc(C)cc(CC2(C(C)Br)CC2)c1. The average molecular weight is 267 g/mol. The largest absolute Gasteiger partial charge is 0.0888 e. The van der Waals surface area contributed by atoms with Gasteiger partial charge in [0, 0.05) is 4.83 Å². The maximum Gasteiger partial charge on any atom is 0.0177 e. The van der Waals surface area contributed by atoms with Crippen molar-refractivity contribution in [3.8, 4) is 0 Å². The summed E-state index contributed by atoms with van der Waals surface area (Å²) < 4.78 is 0. The average Bonchev–Trinajstić information content (AvgIpc) is 2.83. The van der Waals surface area contributed by atoms with Crippen LogP contribution in [0.25, 0.3) is 0 Å². The molecule has 0 heterocycles. The lowest BCUT2D eigenvalue weighted by Crippen LogP contribution is -2.15. The minimum absolute atomic E-state index is 0.556. The highest BCUT2D eigenvalue weighted by molar-refractivity contribution is 9.09. The first-order valence-electron chi connectivity index (χ1n) is 5.73. The number of hydrogen-bond acceptors (Lipinski definition) is 0. The molecule has 82 valence electrons. The second-order valence-electron chi connectivity index (χ2n) is 5.15. The van der Waals surface area contributed by atoms with Gasteiger partial charge in [0.15, 0.2) is 0 Å². The van der Waals surface area contributed by atoms with Crippen LogP contribution in [-0.4, -0.2) is 4.83 Å². The summed E-state index contributed by atoms with van der Waals surface area (Å²) in [7, 11) is 0. The van der Waals surface area contributed by atoms with Crippen LogP contribution in [0.2, 0.25) is 0 Å². The standard InChI is InChI=1S/C14H19Br/c1-10-6-11(2)8-13(7-10)9-14(4-5-14)12(3)15/h6-8,12H,4-5,9H2,1-3H3. The minimum atomic E-state index is 0.556. The van der Waals surface area contributed by atoms with Crippen LogP contribution >= 0.6 is 15.9 Å². The summed E-state index contributed by atoms with van der Waals surface area (Å²) in [6.07, 6.45) is 4.00. The molecule has 1 aromatic rings. The fraction of sp³-hybridized carbons (Fsp3) is 0.571. The van der Waals surface area contributed by atoms with E-state index in [4.69, 9.17) is 0 Å². The van der Waals surface area contributed by atoms with Crippen LogP contribution in [-0.2, 0) is 6.42 Å². The third-order valence-corrected chi connectivity index (χ3v) is 4.54. The zero-order chi connectivity index (χ0) is 11.1. The Hall–Kier alpha value is -0.300.